The molecule has 1 aromatic carbocycles. The van der Waals surface area contributed by atoms with E-state index in [1.807, 2.05) is 13.8 Å². The maximum absolute atomic E-state index is 12.3. The van der Waals surface area contributed by atoms with E-state index in [0.717, 1.165) is 12.0 Å². The molecule has 0 spiro atoms. The maximum atomic E-state index is 12.3. The van der Waals surface area contributed by atoms with Gasteiger partial charge in [0.05, 0.1) is 12.2 Å². The van der Waals surface area contributed by atoms with E-state index in [1.54, 1.807) is 0 Å². The van der Waals surface area contributed by atoms with Gasteiger partial charge >= 0.3 is 5.97 Å². The third kappa shape index (κ3) is 5.40. The summed E-state index contributed by atoms with van der Waals surface area (Å²) in [6.45, 7) is 8.39. The molecule has 0 bridgehead atoms. The highest BCUT2D eigenvalue weighted by Gasteiger charge is 2.19. The van der Waals surface area contributed by atoms with E-state index in [0.29, 0.717) is 5.92 Å². The molecule has 0 saturated heterocycles. The van der Waals surface area contributed by atoms with Gasteiger partial charge in [0.1, 0.15) is 6.54 Å². The predicted octanol–water partition coefficient (Wildman–Crippen LogP) is 2.69. The first-order valence-electron chi connectivity index (χ1n) is 8.78. The van der Waals surface area contributed by atoms with Crippen LogP contribution in [-0.4, -0.2) is 32.0 Å². The standard InChI is InChI=1S/C19H26N4O3/c1-12(2)9-14-5-7-15(8-6-14)18(13(3)4)20-17(24)11-23-10-16(19(25)26)21-22-23/h5-8,10,12-13,18H,9,11H2,1-4H3,(H,20,24)(H,25,26). The molecule has 0 aliphatic rings. The zero-order valence-electron chi connectivity index (χ0n) is 15.6. The Labute approximate surface area is 153 Å². The van der Waals surface area contributed by atoms with Gasteiger partial charge in [0, 0.05) is 0 Å². The normalized spacial score (nSPS) is 12.4. The Morgan fingerprint density at radius 1 is 1.15 bits per heavy atom. The highest BCUT2D eigenvalue weighted by molar-refractivity contribution is 5.84. The van der Waals surface area contributed by atoms with Gasteiger partial charge in [-0.3, -0.25) is 4.79 Å². The topological polar surface area (TPSA) is 97.1 Å². The summed E-state index contributed by atoms with van der Waals surface area (Å²) in [5.41, 5.74) is 2.14. The van der Waals surface area contributed by atoms with Crippen LogP contribution in [0.15, 0.2) is 30.5 Å². The van der Waals surface area contributed by atoms with E-state index in [9.17, 15) is 9.59 Å². The second-order valence-electron chi connectivity index (χ2n) is 7.24. The monoisotopic (exact) mass is 358 g/mol. The van der Waals surface area contributed by atoms with Gasteiger partial charge in [-0.05, 0) is 29.4 Å². The van der Waals surface area contributed by atoms with Crippen LogP contribution in [0.2, 0.25) is 0 Å². The fourth-order valence-electron chi connectivity index (χ4n) is 2.81. The van der Waals surface area contributed by atoms with Gasteiger partial charge in [0.15, 0.2) is 5.69 Å². The Morgan fingerprint density at radius 3 is 2.31 bits per heavy atom. The molecule has 1 unspecified atom stereocenters. The van der Waals surface area contributed by atoms with E-state index in [4.69, 9.17) is 5.11 Å². The minimum atomic E-state index is -1.17. The lowest BCUT2D eigenvalue weighted by atomic mass is 9.93. The summed E-state index contributed by atoms with van der Waals surface area (Å²) in [6, 6.07) is 8.19. The van der Waals surface area contributed by atoms with Crippen molar-refractivity contribution in [3.8, 4) is 0 Å². The summed E-state index contributed by atoms with van der Waals surface area (Å²) < 4.78 is 1.22. The Morgan fingerprint density at radius 2 is 1.81 bits per heavy atom. The van der Waals surface area contributed by atoms with Crippen LogP contribution in [0.25, 0.3) is 0 Å². The Kier molecular flexibility index (Phi) is 6.49. The van der Waals surface area contributed by atoms with Gasteiger partial charge < -0.3 is 10.4 Å². The van der Waals surface area contributed by atoms with Gasteiger partial charge in [-0.2, -0.15) is 0 Å². The van der Waals surface area contributed by atoms with Crippen molar-refractivity contribution in [3.63, 3.8) is 0 Å². The number of aromatic nitrogens is 3. The smallest absolute Gasteiger partial charge is 0.358 e. The third-order valence-corrected chi connectivity index (χ3v) is 4.03. The number of hydrogen-bond donors (Lipinski definition) is 2. The molecule has 1 atom stereocenters. The number of carboxylic acids is 1. The largest absolute Gasteiger partial charge is 0.476 e. The van der Waals surface area contributed by atoms with E-state index in [1.165, 1.54) is 16.4 Å². The minimum absolute atomic E-state index is 0.0745. The molecule has 7 heteroatoms. The average Bonchev–Trinajstić information content (AvgIpc) is 3.01. The van der Waals surface area contributed by atoms with Gasteiger partial charge in [-0.1, -0.05) is 57.2 Å². The van der Waals surface area contributed by atoms with E-state index >= 15 is 0 Å². The van der Waals surface area contributed by atoms with Crippen LogP contribution in [0.1, 0.15) is 55.4 Å². The van der Waals surface area contributed by atoms with Crippen molar-refractivity contribution in [3.05, 3.63) is 47.3 Å². The van der Waals surface area contributed by atoms with Crippen LogP contribution >= 0.6 is 0 Å². The van der Waals surface area contributed by atoms with Gasteiger partial charge in [-0.15, -0.1) is 5.10 Å². The fraction of sp³-hybridized carbons (Fsp3) is 0.474. The van der Waals surface area contributed by atoms with Crippen molar-refractivity contribution < 1.29 is 14.7 Å². The maximum Gasteiger partial charge on any atom is 0.358 e. The number of nitrogens with zero attached hydrogens (tertiary/aromatic N) is 3. The highest BCUT2D eigenvalue weighted by Crippen LogP contribution is 2.22. The molecule has 26 heavy (non-hydrogen) atoms. The lowest BCUT2D eigenvalue weighted by Crippen LogP contribution is -2.34. The van der Waals surface area contributed by atoms with Gasteiger partial charge in [0.2, 0.25) is 5.91 Å². The molecule has 0 radical (unpaired) electrons. The zero-order chi connectivity index (χ0) is 19.3. The summed E-state index contributed by atoms with van der Waals surface area (Å²) in [5.74, 6) is -0.602. The van der Waals surface area contributed by atoms with E-state index in [-0.39, 0.29) is 30.1 Å². The first-order chi connectivity index (χ1) is 12.3. The number of carbonyl (C=O) groups excluding carboxylic acids is 1. The number of aromatic carboxylic acids is 1. The molecule has 1 amide bonds. The number of carboxylic acid groups (broad SMARTS) is 1. The molecule has 2 N–H and O–H groups in total. The van der Waals surface area contributed by atoms with Crippen LogP contribution in [0.3, 0.4) is 0 Å². The number of amides is 1. The molecule has 0 saturated carbocycles. The van der Waals surface area contributed by atoms with Crippen LogP contribution in [0.4, 0.5) is 0 Å². The molecule has 0 aliphatic heterocycles. The van der Waals surface area contributed by atoms with Crippen LogP contribution in [0, 0.1) is 11.8 Å². The summed E-state index contributed by atoms with van der Waals surface area (Å²) in [6.07, 6.45) is 2.27. The quantitative estimate of drug-likeness (QED) is 0.756. The molecule has 1 heterocycles. The minimum Gasteiger partial charge on any atom is -0.476 e. The van der Waals surface area contributed by atoms with Crippen molar-refractivity contribution in [2.24, 2.45) is 11.8 Å². The second kappa shape index (κ2) is 8.60. The molecule has 2 rings (SSSR count). The second-order valence-corrected chi connectivity index (χ2v) is 7.24. The molecule has 0 fully saturated rings. The number of carbonyl (C=O) groups is 2. The predicted molar refractivity (Wildman–Crippen MR) is 97.7 cm³/mol. The number of nitrogens with one attached hydrogen (secondary N) is 1. The summed E-state index contributed by atoms with van der Waals surface area (Å²) >= 11 is 0. The third-order valence-electron chi connectivity index (χ3n) is 4.03. The Bertz CT molecular complexity index is 750. The zero-order valence-corrected chi connectivity index (χ0v) is 15.6. The first-order valence-corrected chi connectivity index (χ1v) is 8.78. The molecular formula is C19H26N4O3. The van der Waals surface area contributed by atoms with Crippen molar-refractivity contribution >= 4 is 11.9 Å². The lowest BCUT2D eigenvalue weighted by molar-refractivity contribution is -0.123. The Balaban J connectivity index is 2.04. The average molecular weight is 358 g/mol. The number of hydrogen-bond acceptors (Lipinski definition) is 4. The number of benzene rings is 1. The molecule has 140 valence electrons. The highest BCUT2D eigenvalue weighted by atomic mass is 16.4. The lowest BCUT2D eigenvalue weighted by Gasteiger charge is -2.23. The van der Waals surface area contributed by atoms with E-state index in [2.05, 4.69) is 53.7 Å². The first kappa shape index (κ1) is 19.6. The van der Waals surface area contributed by atoms with Crippen molar-refractivity contribution in [1.82, 2.24) is 20.3 Å². The van der Waals surface area contributed by atoms with Crippen LogP contribution in [-0.2, 0) is 17.8 Å². The van der Waals surface area contributed by atoms with Crippen molar-refractivity contribution in [2.75, 3.05) is 0 Å². The molecule has 0 aliphatic carbocycles. The molecular weight excluding hydrogens is 332 g/mol. The van der Waals surface area contributed by atoms with Crippen molar-refractivity contribution in [2.45, 2.75) is 46.7 Å². The van der Waals surface area contributed by atoms with Crippen LogP contribution < -0.4 is 5.32 Å². The Hall–Kier alpha value is -2.70. The molecule has 2 aromatic rings. The number of rotatable bonds is 8. The fourth-order valence-corrected chi connectivity index (χ4v) is 2.81. The molecule has 7 nitrogen and oxygen atoms in total. The van der Waals surface area contributed by atoms with Crippen LogP contribution in [0.5, 0.6) is 0 Å². The summed E-state index contributed by atoms with van der Waals surface area (Å²) in [5, 5.41) is 19.0. The summed E-state index contributed by atoms with van der Waals surface area (Å²) in [7, 11) is 0. The van der Waals surface area contributed by atoms with Gasteiger partial charge in [0.25, 0.3) is 0 Å². The molecule has 1 aromatic heterocycles. The van der Waals surface area contributed by atoms with Gasteiger partial charge in [-0.25, -0.2) is 9.48 Å². The summed E-state index contributed by atoms with van der Waals surface area (Å²) in [4.78, 5) is 23.2. The SMILES string of the molecule is CC(C)Cc1ccc(C(NC(=O)Cn2cc(C(=O)O)nn2)C(C)C)cc1. The van der Waals surface area contributed by atoms with Crippen molar-refractivity contribution in [1.29, 1.82) is 0 Å². The van der Waals surface area contributed by atoms with E-state index < -0.39 is 5.97 Å².